The van der Waals surface area contributed by atoms with Gasteiger partial charge < -0.3 is 10.1 Å². The van der Waals surface area contributed by atoms with Crippen LogP contribution in [-0.4, -0.2) is 28.6 Å². The van der Waals surface area contributed by atoms with Gasteiger partial charge in [-0.2, -0.15) is 8.78 Å². The third kappa shape index (κ3) is 3.87. The number of fused-ring (bicyclic) bond motifs is 2. The standard InChI is InChI=1S/C20H19F2N3O3S/c1-11-15-18(24-14-3-2-10-25(14)19(15)27)29-16(11)17(26)23-9-8-12-4-6-13(7-5-12)28-20(21)22/h4-7,20H,2-3,8-10H2,1H3,(H,23,26). The largest absolute Gasteiger partial charge is 0.435 e. The zero-order chi connectivity index (χ0) is 20.5. The lowest BCUT2D eigenvalue weighted by Gasteiger charge is -2.07. The molecule has 0 bridgehead atoms. The minimum Gasteiger partial charge on any atom is -0.435 e. The third-order valence-electron chi connectivity index (χ3n) is 4.97. The number of halogens is 2. The Balaban J connectivity index is 1.44. The van der Waals surface area contributed by atoms with Crippen LogP contribution in [0.3, 0.4) is 0 Å². The molecule has 0 saturated carbocycles. The molecule has 4 rings (SSSR count). The van der Waals surface area contributed by atoms with Crippen molar-refractivity contribution in [3.63, 3.8) is 0 Å². The van der Waals surface area contributed by atoms with Crippen LogP contribution in [-0.2, 0) is 19.4 Å². The van der Waals surface area contributed by atoms with Crippen LogP contribution in [0.15, 0.2) is 29.1 Å². The molecule has 29 heavy (non-hydrogen) atoms. The molecular weight excluding hydrogens is 400 g/mol. The number of rotatable bonds is 6. The van der Waals surface area contributed by atoms with Crippen molar-refractivity contribution >= 4 is 27.5 Å². The molecule has 0 saturated heterocycles. The number of carbonyl (C=O) groups is 1. The molecule has 0 atom stereocenters. The van der Waals surface area contributed by atoms with Gasteiger partial charge in [-0.3, -0.25) is 14.2 Å². The van der Waals surface area contributed by atoms with E-state index in [1.807, 2.05) is 0 Å². The number of nitrogens with zero attached hydrogens (tertiary/aromatic N) is 2. The van der Waals surface area contributed by atoms with E-state index in [1.165, 1.54) is 23.5 Å². The summed E-state index contributed by atoms with van der Waals surface area (Å²) < 4.78 is 30.4. The molecule has 9 heteroatoms. The Hall–Kier alpha value is -2.81. The zero-order valence-corrected chi connectivity index (χ0v) is 16.5. The Morgan fingerprint density at radius 2 is 2.10 bits per heavy atom. The number of nitrogens with one attached hydrogen (secondary N) is 1. The maximum atomic E-state index is 12.7. The van der Waals surface area contributed by atoms with Crippen LogP contribution in [0.5, 0.6) is 5.75 Å². The first-order valence-electron chi connectivity index (χ1n) is 9.29. The fourth-order valence-electron chi connectivity index (χ4n) is 3.53. The highest BCUT2D eigenvalue weighted by Gasteiger charge is 2.23. The van der Waals surface area contributed by atoms with Crippen molar-refractivity contribution in [2.24, 2.45) is 0 Å². The van der Waals surface area contributed by atoms with Crippen LogP contribution < -0.4 is 15.6 Å². The number of aromatic nitrogens is 2. The normalized spacial score (nSPS) is 13.1. The van der Waals surface area contributed by atoms with Gasteiger partial charge in [0.15, 0.2) is 0 Å². The predicted octanol–water partition coefficient (Wildman–Crippen LogP) is 3.29. The van der Waals surface area contributed by atoms with E-state index in [0.717, 1.165) is 24.2 Å². The van der Waals surface area contributed by atoms with Crippen molar-refractivity contribution in [1.82, 2.24) is 14.9 Å². The molecule has 0 unspecified atom stereocenters. The quantitative estimate of drug-likeness (QED) is 0.666. The number of amides is 1. The molecular formula is C20H19F2N3O3S. The van der Waals surface area contributed by atoms with Crippen molar-refractivity contribution in [3.8, 4) is 5.75 Å². The van der Waals surface area contributed by atoms with Crippen LogP contribution in [0.1, 0.15) is 33.0 Å². The Morgan fingerprint density at radius 3 is 2.83 bits per heavy atom. The number of hydrogen-bond donors (Lipinski definition) is 1. The summed E-state index contributed by atoms with van der Waals surface area (Å²) in [5.41, 5.74) is 1.48. The lowest BCUT2D eigenvalue weighted by molar-refractivity contribution is -0.0498. The van der Waals surface area contributed by atoms with Gasteiger partial charge in [-0.25, -0.2) is 4.98 Å². The average molecular weight is 419 g/mol. The summed E-state index contributed by atoms with van der Waals surface area (Å²) in [6, 6.07) is 6.30. The van der Waals surface area contributed by atoms with Gasteiger partial charge in [-0.05, 0) is 43.0 Å². The first kappa shape index (κ1) is 19.5. The lowest BCUT2D eigenvalue weighted by atomic mass is 10.1. The summed E-state index contributed by atoms with van der Waals surface area (Å²) in [6.07, 6.45) is 2.24. The highest BCUT2D eigenvalue weighted by molar-refractivity contribution is 7.20. The van der Waals surface area contributed by atoms with E-state index in [9.17, 15) is 18.4 Å². The highest BCUT2D eigenvalue weighted by atomic mass is 32.1. The van der Waals surface area contributed by atoms with Crippen LogP contribution in [0.4, 0.5) is 8.78 Å². The van der Waals surface area contributed by atoms with Crippen molar-refractivity contribution in [1.29, 1.82) is 0 Å². The summed E-state index contributed by atoms with van der Waals surface area (Å²) in [5.74, 6) is 0.641. The van der Waals surface area contributed by atoms with Crippen molar-refractivity contribution in [2.45, 2.75) is 39.3 Å². The number of ether oxygens (including phenoxy) is 1. The Kier molecular flexibility index (Phi) is 5.31. The van der Waals surface area contributed by atoms with Crippen LogP contribution in [0.2, 0.25) is 0 Å². The van der Waals surface area contributed by atoms with Crippen LogP contribution in [0.25, 0.3) is 10.2 Å². The number of hydrogen-bond acceptors (Lipinski definition) is 5. The molecule has 1 N–H and O–H groups in total. The second kappa shape index (κ2) is 7.90. The van der Waals surface area contributed by atoms with Crippen molar-refractivity contribution in [2.75, 3.05) is 6.54 Å². The molecule has 2 aromatic heterocycles. The van der Waals surface area contributed by atoms with E-state index < -0.39 is 6.61 Å². The topological polar surface area (TPSA) is 73.2 Å². The molecule has 0 spiro atoms. The summed E-state index contributed by atoms with van der Waals surface area (Å²) in [4.78, 5) is 31.0. The minimum atomic E-state index is -2.85. The van der Waals surface area contributed by atoms with Gasteiger partial charge in [0.05, 0.1) is 10.3 Å². The van der Waals surface area contributed by atoms with Crippen LogP contribution >= 0.6 is 11.3 Å². The lowest BCUT2D eigenvalue weighted by Crippen LogP contribution is -2.25. The zero-order valence-electron chi connectivity index (χ0n) is 15.7. The maximum Gasteiger partial charge on any atom is 0.387 e. The summed E-state index contributed by atoms with van der Waals surface area (Å²) in [6.45, 7) is -0.0200. The van der Waals surface area contributed by atoms with E-state index in [0.29, 0.717) is 40.2 Å². The number of thiophene rings is 1. The van der Waals surface area contributed by atoms with E-state index >= 15 is 0 Å². The molecule has 0 aliphatic carbocycles. The second-order valence-electron chi connectivity index (χ2n) is 6.85. The second-order valence-corrected chi connectivity index (χ2v) is 7.85. The van der Waals surface area contributed by atoms with Gasteiger partial charge in [0.1, 0.15) is 16.4 Å². The van der Waals surface area contributed by atoms with Gasteiger partial charge in [0.2, 0.25) is 0 Å². The molecule has 3 aromatic rings. The molecule has 1 aliphatic heterocycles. The van der Waals surface area contributed by atoms with Gasteiger partial charge in [-0.1, -0.05) is 12.1 Å². The highest BCUT2D eigenvalue weighted by Crippen LogP contribution is 2.28. The van der Waals surface area contributed by atoms with Gasteiger partial charge in [0, 0.05) is 19.5 Å². The molecule has 3 heterocycles. The van der Waals surface area contributed by atoms with Crippen molar-refractivity contribution < 1.29 is 18.3 Å². The molecule has 1 aliphatic rings. The number of carbonyl (C=O) groups excluding carboxylic acids is 1. The van der Waals surface area contributed by atoms with Gasteiger partial charge in [-0.15, -0.1) is 11.3 Å². The number of benzene rings is 1. The fraction of sp³-hybridized carbons (Fsp3) is 0.350. The average Bonchev–Trinajstić information content (AvgIpc) is 3.28. The smallest absolute Gasteiger partial charge is 0.387 e. The molecule has 0 radical (unpaired) electrons. The predicted molar refractivity (Wildman–Crippen MR) is 106 cm³/mol. The monoisotopic (exact) mass is 419 g/mol. The minimum absolute atomic E-state index is 0.0681. The third-order valence-corrected chi connectivity index (χ3v) is 6.15. The number of aryl methyl sites for hydroxylation is 2. The fourth-order valence-corrected chi connectivity index (χ4v) is 4.64. The molecule has 152 valence electrons. The SMILES string of the molecule is Cc1c(C(=O)NCCc2ccc(OC(F)F)cc2)sc2nc3n(c(=O)c12)CCC3. The Morgan fingerprint density at radius 1 is 1.34 bits per heavy atom. The van der Waals surface area contributed by atoms with E-state index in [-0.39, 0.29) is 17.2 Å². The summed E-state index contributed by atoms with van der Waals surface area (Å²) >= 11 is 1.24. The van der Waals surface area contributed by atoms with Gasteiger partial charge in [0.25, 0.3) is 11.5 Å². The first-order valence-corrected chi connectivity index (χ1v) is 10.1. The Labute approximate surface area is 169 Å². The van der Waals surface area contributed by atoms with Gasteiger partial charge >= 0.3 is 6.61 Å². The Bertz CT molecular complexity index is 1120. The molecule has 1 aromatic carbocycles. The van der Waals surface area contributed by atoms with Crippen LogP contribution in [0, 0.1) is 6.92 Å². The van der Waals surface area contributed by atoms with E-state index in [2.05, 4.69) is 15.0 Å². The maximum absolute atomic E-state index is 12.7. The molecule has 6 nitrogen and oxygen atoms in total. The molecule has 1 amide bonds. The van der Waals surface area contributed by atoms with E-state index in [1.54, 1.807) is 23.6 Å². The summed E-state index contributed by atoms with van der Waals surface area (Å²) in [5, 5.41) is 3.38. The first-order chi connectivity index (χ1) is 13.9. The van der Waals surface area contributed by atoms with Crippen molar-refractivity contribution in [3.05, 3.63) is 56.4 Å². The summed E-state index contributed by atoms with van der Waals surface area (Å²) in [7, 11) is 0. The number of alkyl halides is 2. The molecule has 0 fully saturated rings. The van der Waals surface area contributed by atoms with E-state index in [4.69, 9.17) is 0 Å².